The molecule has 0 atom stereocenters. The number of esters is 2. The molecule has 4 heterocycles. The van der Waals surface area contributed by atoms with Crippen molar-refractivity contribution < 1.29 is 45.4 Å². The predicted octanol–water partition coefficient (Wildman–Crippen LogP) is 2.66. The van der Waals surface area contributed by atoms with Gasteiger partial charge in [0.2, 0.25) is 20.0 Å². The Kier molecular flexibility index (Phi) is 11.2. The molecule has 19 heteroatoms. The van der Waals surface area contributed by atoms with Crippen LogP contribution in [0.3, 0.4) is 0 Å². The zero-order valence-electron chi connectivity index (χ0n) is 26.8. The van der Waals surface area contributed by atoms with Crippen molar-refractivity contribution in [3.05, 3.63) is 46.2 Å². The van der Waals surface area contributed by atoms with Gasteiger partial charge >= 0.3 is 11.9 Å². The fraction of sp³-hybridized carbons (Fsp3) is 0.400. The molecule has 0 radical (unpaired) electrons. The van der Waals surface area contributed by atoms with Crippen molar-refractivity contribution in [3.8, 4) is 0 Å². The number of nitrogens with one attached hydrogen (secondary N) is 2. The van der Waals surface area contributed by atoms with E-state index in [2.05, 4.69) is 25.9 Å². The third kappa shape index (κ3) is 7.28. The molecule has 2 aliphatic heterocycles. The number of rotatable bonds is 8. The monoisotopic (exact) mass is 784 g/mol. The molecule has 2 aliphatic rings. The summed E-state index contributed by atoms with van der Waals surface area (Å²) in [4.78, 5) is 30.1. The van der Waals surface area contributed by atoms with Gasteiger partial charge in [0, 0.05) is 59.4 Å². The van der Waals surface area contributed by atoms with E-state index in [9.17, 15) is 26.4 Å². The largest absolute Gasteiger partial charge is 0.461 e. The lowest BCUT2D eigenvalue weighted by atomic mass is 10.2. The Morgan fingerprint density at radius 3 is 1.78 bits per heavy atom. The van der Waals surface area contributed by atoms with Gasteiger partial charge in [0.1, 0.15) is 21.2 Å². The van der Waals surface area contributed by atoms with Crippen LogP contribution in [0, 0.1) is 0 Å². The van der Waals surface area contributed by atoms with Crippen LogP contribution in [0.4, 0.5) is 11.4 Å². The summed E-state index contributed by atoms with van der Waals surface area (Å²) in [5, 5.41) is 0.721. The molecule has 16 nitrogen and oxygen atoms in total. The second-order valence-electron chi connectivity index (χ2n) is 10.8. The maximum Gasteiger partial charge on any atom is 0.356 e. The predicted molar refractivity (Wildman–Crippen MR) is 184 cm³/mol. The highest BCUT2D eigenvalue weighted by Crippen LogP contribution is 2.38. The zero-order valence-corrected chi connectivity index (χ0v) is 30.0. The van der Waals surface area contributed by atoms with Gasteiger partial charge in [-0.05, 0) is 60.1 Å². The van der Waals surface area contributed by atoms with Gasteiger partial charge in [-0.1, -0.05) is 0 Å². The first-order chi connectivity index (χ1) is 23.3. The number of nitrogens with zero attached hydrogens (tertiary/aromatic N) is 2. The highest BCUT2D eigenvalue weighted by molar-refractivity contribution is 9.10. The summed E-state index contributed by atoms with van der Waals surface area (Å²) in [5.74, 6) is -1.44. The summed E-state index contributed by atoms with van der Waals surface area (Å²) in [6.45, 7) is 5.75. The number of morpholine rings is 2. The number of H-pyrrole nitrogens is 2. The standard InChI is InChI=1S/C15H18BrN3O5S.C15H19N3O5S/c1-2-24-15(20)13-14(25(21,22)19-5-7-23-8-6-19)11-10(18-13)4-3-9(17)12(11)16;1-2-23-15(19)13-14(11-9-10(16)3-4-12(11)17-13)24(20,21)18-5-7-22-8-6-18/h3-4,18H,2,5-8,17H2,1H3;3-4,9,17H,2,5-8,16H2,1H3. The number of fused-ring (bicyclic) bond motifs is 2. The Morgan fingerprint density at radius 2 is 1.24 bits per heavy atom. The molecular weight excluding hydrogens is 748 g/mol. The number of anilines is 2. The van der Waals surface area contributed by atoms with Crippen molar-refractivity contribution in [2.24, 2.45) is 0 Å². The number of ether oxygens (including phenoxy) is 4. The van der Waals surface area contributed by atoms with Crippen molar-refractivity contribution in [1.29, 1.82) is 0 Å². The van der Waals surface area contributed by atoms with Crippen molar-refractivity contribution in [2.75, 3.05) is 77.3 Å². The van der Waals surface area contributed by atoms with E-state index in [0.717, 1.165) is 0 Å². The Balaban J connectivity index is 0.000000191. The number of hydrogen-bond donors (Lipinski definition) is 4. The third-order valence-electron chi connectivity index (χ3n) is 7.76. The van der Waals surface area contributed by atoms with Crippen LogP contribution in [-0.2, 0) is 39.0 Å². The molecule has 49 heavy (non-hydrogen) atoms. The second kappa shape index (κ2) is 15.0. The summed E-state index contributed by atoms with van der Waals surface area (Å²) in [5.41, 5.74) is 13.3. The van der Waals surface area contributed by atoms with E-state index in [0.29, 0.717) is 64.1 Å². The smallest absolute Gasteiger partial charge is 0.356 e. The molecule has 2 saturated heterocycles. The summed E-state index contributed by atoms with van der Waals surface area (Å²) in [7, 11) is -7.83. The van der Waals surface area contributed by atoms with E-state index in [-0.39, 0.29) is 60.6 Å². The Bertz CT molecular complexity index is 2090. The number of carbonyl (C=O) groups is 2. The number of benzene rings is 2. The van der Waals surface area contributed by atoms with Crippen molar-refractivity contribution in [3.63, 3.8) is 0 Å². The van der Waals surface area contributed by atoms with Crippen LogP contribution in [0.15, 0.2) is 44.6 Å². The van der Waals surface area contributed by atoms with Gasteiger partial charge in [-0.3, -0.25) is 0 Å². The summed E-state index contributed by atoms with van der Waals surface area (Å²) < 4.78 is 76.2. The van der Waals surface area contributed by atoms with Crippen LogP contribution in [0.25, 0.3) is 21.8 Å². The minimum Gasteiger partial charge on any atom is -0.461 e. The van der Waals surface area contributed by atoms with Crippen LogP contribution in [0.1, 0.15) is 34.8 Å². The van der Waals surface area contributed by atoms with Gasteiger partial charge in [-0.15, -0.1) is 0 Å². The van der Waals surface area contributed by atoms with E-state index in [1.807, 2.05) is 0 Å². The minimum atomic E-state index is -3.94. The summed E-state index contributed by atoms with van der Waals surface area (Å²) in [6.07, 6.45) is 0. The first-order valence-corrected chi connectivity index (χ1v) is 19.0. The molecule has 2 aromatic carbocycles. The highest BCUT2D eigenvalue weighted by atomic mass is 79.9. The van der Waals surface area contributed by atoms with Crippen LogP contribution in [0.2, 0.25) is 0 Å². The third-order valence-corrected chi connectivity index (χ3v) is 12.6. The molecule has 0 amide bonds. The molecule has 6 N–H and O–H groups in total. The average Bonchev–Trinajstić information content (AvgIpc) is 3.68. The molecule has 266 valence electrons. The lowest BCUT2D eigenvalue weighted by Gasteiger charge is -2.26. The molecule has 2 aromatic heterocycles. The van der Waals surface area contributed by atoms with Gasteiger partial charge in [0.05, 0.1) is 44.1 Å². The Morgan fingerprint density at radius 1 is 0.776 bits per heavy atom. The van der Waals surface area contributed by atoms with E-state index in [1.165, 1.54) is 8.61 Å². The number of sulfonamides is 2. The van der Waals surface area contributed by atoms with Crippen molar-refractivity contribution >= 4 is 81.1 Å². The van der Waals surface area contributed by atoms with Crippen molar-refractivity contribution in [2.45, 2.75) is 23.6 Å². The van der Waals surface area contributed by atoms with E-state index in [1.54, 1.807) is 44.2 Å². The average molecular weight is 786 g/mol. The van der Waals surface area contributed by atoms with Gasteiger partial charge in [0.25, 0.3) is 0 Å². The molecule has 0 saturated carbocycles. The molecule has 2 fully saturated rings. The van der Waals surface area contributed by atoms with Crippen LogP contribution in [-0.4, -0.2) is 113 Å². The maximum atomic E-state index is 13.2. The number of hydrogen-bond acceptors (Lipinski definition) is 12. The van der Waals surface area contributed by atoms with Crippen LogP contribution >= 0.6 is 15.9 Å². The topological polar surface area (TPSA) is 229 Å². The van der Waals surface area contributed by atoms with E-state index >= 15 is 0 Å². The number of carbonyl (C=O) groups excluding carboxylic acids is 2. The minimum absolute atomic E-state index is 0.0797. The van der Waals surface area contributed by atoms with E-state index in [4.69, 9.17) is 30.4 Å². The van der Waals surface area contributed by atoms with Crippen molar-refractivity contribution in [1.82, 2.24) is 18.6 Å². The van der Waals surface area contributed by atoms with Gasteiger partial charge < -0.3 is 40.4 Å². The number of halogens is 1. The molecule has 0 bridgehead atoms. The lowest BCUT2D eigenvalue weighted by Crippen LogP contribution is -2.41. The van der Waals surface area contributed by atoms with E-state index < -0.39 is 32.0 Å². The van der Waals surface area contributed by atoms with Crippen LogP contribution in [0.5, 0.6) is 0 Å². The second-order valence-corrected chi connectivity index (χ2v) is 15.4. The quantitative estimate of drug-likeness (QED) is 0.149. The van der Waals surface area contributed by atoms with Crippen LogP contribution < -0.4 is 11.5 Å². The highest BCUT2D eigenvalue weighted by Gasteiger charge is 2.36. The number of nitrogens with two attached hydrogens (primary N) is 2. The fourth-order valence-corrected chi connectivity index (χ4v) is 9.62. The number of aromatic amines is 2. The first kappa shape index (κ1) is 36.6. The summed E-state index contributed by atoms with van der Waals surface area (Å²) in [6, 6.07) is 8.09. The normalized spacial score (nSPS) is 16.3. The molecule has 0 unspecified atom stereocenters. The Labute approximate surface area is 291 Å². The number of nitrogen functional groups attached to an aromatic ring is 2. The first-order valence-electron chi connectivity index (χ1n) is 15.3. The summed E-state index contributed by atoms with van der Waals surface area (Å²) >= 11 is 3.34. The van der Waals surface area contributed by atoms with Gasteiger partial charge in [-0.25, -0.2) is 26.4 Å². The molecule has 4 aromatic rings. The van der Waals surface area contributed by atoms with Gasteiger partial charge in [-0.2, -0.15) is 8.61 Å². The molecule has 0 aliphatic carbocycles. The number of aromatic nitrogens is 2. The SMILES string of the molecule is CCOC(=O)c1[nH]c2ccc(N)c(Br)c2c1S(=O)(=O)N1CCOCC1.CCOC(=O)c1[nH]c2ccc(N)cc2c1S(=O)(=O)N1CCOCC1. The fourth-order valence-electron chi connectivity index (χ4n) is 5.47. The van der Waals surface area contributed by atoms with Gasteiger partial charge in [0.15, 0.2) is 0 Å². The molecule has 0 spiro atoms. The maximum absolute atomic E-state index is 13.2. The molecular formula is C30H37BrN6O10S2. The zero-order chi connectivity index (χ0) is 35.5. The molecule has 6 rings (SSSR count). The lowest BCUT2D eigenvalue weighted by molar-refractivity contribution is 0.0506. The Hall–Kier alpha value is -3.72.